The Hall–Kier alpha value is -1.17. The van der Waals surface area contributed by atoms with E-state index in [-0.39, 0.29) is 12.1 Å². The van der Waals surface area contributed by atoms with Crippen molar-refractivity contribution in [3.05, 3.63) is 41.3 Å². The van der Waals surface area contributed by atoms with Crippen LogP contribution in [-0.4, -0.2) is 20.5 Å². The van der Waals surface area contributed by atoms with Gasteiger partial charge in [-0.2, -0.15) is 0 Å². The average Bonchev–Trinajstić information content (AvgIpc) is 2.92. The molecule has 0 radical (unpaired) electrons. The lowest BCUT2D eigenvalue weighted by molar-refractivity contribution is 0.589. The van der Waals surface area contributed by atoms with Crippen LogP contribution in [0.15, 0.2) is 35.7 Å². The second kappa shape index (κ2) is 4.37. The van der Waals surface area contributed by atoms with Crippen molar-refractivity contribution >= 4 is 16.1 Å². The van der Waals surface area contributed by atoms with Crippen molar-refractivity contribution in [3.8, 4) is 0 Å². The van der Waals surface area contributed by atoms with E-state index in [0.29, 0.717) is 0 Å². The lowest BCUT2D eigenvalue weighted by atomic mass is 10.2. The SMILES string of the molecule is NC1CC1NS(=O)(=O)/C=C/c1ccccc1. The number of nitrogens with two attached hydrogens (primary N) is 1. The Morgan fingerprint density at radius 1 is 1.31 bits per heavy atom. The van der Waals surface area contributed by atoms with Crippen molar-refractivity contribution in [1.29, 1.82) is 0 Å². The Labute approximate surface area is 95.2 Å². The van der Waals surface area contributed by atoms with E-state index in [1.165, 1.54) is 5.41 Å². The molecule has 1 aliphatic rings. The van der Waals surface area contributed by atoms with Crippen molar-refractivity contribution in [2.45, 2.75) is 18.5 Å². The zero-order valence-electron chi connectivity index (χ0n) is 8.71. The number of benzene rings is 1. The molecule has 0 spiro atoms. The number of rotatable bonds is 4. The molecule has 1 aromatic rings. The molecule has 86 valence electrons. The molecule has 2 unspecified atom stereocenters. The molecule has 1 aliphatic carbocycles. The first-order valence-corrected chi connectivity index (χ1v) is 6.62. The summed E-state index contributed by atoms with van der Waals surface area (Å²) >= 11 is 0. The molecule has 0 aromatic heterocycles. The molecule has 2 atom stereocenters. The topological polar surface area (TPSA) is 72.2 Å². The van der Waals surface area contributed by atoms with Crippen molar-refractivity contribution in [2.24, 2.45) is 5.73 Å². The fraction of sp³-hybridized carbons (Fsp3) is 0.273. The van der Waals surface area contributed by atoms with Crippen molar-refractivity contribution in [2.75, 3.05) is 0 Å². The van der Waals surface area contributed by atoms with Gasteiger partial charge in [-0.1, -0.05) is 30.3 Å². The summed E-state index contributed by atoms with van der Waals surface area (Å²) in [6.07, 6.45) is 2.29. The third-order valence-electron chi connectivity index (χ3n) is 2.39. The summed E-state index contributed by atoms with van der Waals surface area (Å²) in [5, 5.41) is 1.17. The molecule has 0 saturated heterocycles. The molecule has 0 amide bonds. The highest BCUT2D eigenvalue weighted by Crippen LogP contribution is 2.19. The predicted octanol–water partition coefficient (Wildman–Crippen LogP) is 0.676. The van der Waals surface area contributed by atoms with Crippen LogP contribution < -0.4 is 10.5 Å². The first-order chi connectivity index (χ1) is 7.57. The molecule has 1 fully saturated rings. The number of sulfonamides is 1. The van der Waals surface area contributed by atoms with Crippen LogP contribution in [-0.2, 0) is 10.0 Å². The maximum absolute atomic E-state index is 11.5. The molecule has 0 aliphatic heterocycles. The van der Waals surface area contributed by atoms with E-state index in [1.54, 1.807) is 6.08 Å². The number of hydrogen-bond donors (Lipinski definition) is 2. The molecule has 1 aromatic carbocycles. The first kappa shape index (κ1) is 11.3. The van der Waals surface area contributed by atoms with Gasteiger partial charge in [-0.15, -0.1) is 0 Å². The Morgan fingerprint density at radius 2 is 1.94 bits per heavy atom. The maximum atomic E-state index is 11.5. The average molecular weight is 238 g/mol. The Balaban J connectivity index is 2.00. The summed E-state index contributed by atoms with van der Waals surface area (Å²) in [7, 11) is -3.36. The van der Waals surface area contributed by atoms with Crippen molar-refractivity contribution in [1.82, 2.24) is 4.72 Å². The maximum Gasteiger partial charge on any atom is 0.234 e. The third kappa shape index (κ3) is 3.16. The Bertz CT molecular complexity index is 482. The fourth-order valence-corrected chi connectivity index (χ4v) is 2.44. The highest BCUT2D eigenvalue weighted by molar-refractivity contribution is 7.92. The minimum Gasteiger partial charge on any atom is -0.326 e. The van der Waals surface area contributed by atoms with Gasteiger partial charge in [0.1, 0.15) is 0 Å². The molecule has 0 bridgehead atoms. The van der Waals surface area contributed by atoms with E-state index >= 15 is 0 Å². The van der Waals surface area contributed by atoms with Gasteiger partial charge in [0.15, 0.2) is 0 Å². The molecule has 4 nitrogen and oxygen atoms in total. The van der Waals surface area contributed by atoms with E-state index in [4.69, 9.17) is 5.73 Å². The quantitative estimate of drug-likeness (QED) is 0.810. The lowest BCUT2D eigenvalue weighted by Gasteiger charge is -1.99. The normalized spacial score (nSPS) is 24.8. The van der Waals surface area contributed by atoms with E-state index in [9.17, 15) is 8.42 Å². The van der Waals surface area contributed by atoms with E-state index in [1.807, 2.05) is 30.3 Å². The zero-order valence-corrected chi connectivity index (χ0v) is 9.52. The van der Waals surface area contributed by atoms with Crippen LogP contribution in [0.5, 0.6) is 0 Å². The minimum atomic E-state index is -3.36. The Kier molecular flexibility index (Phi) is 3.09. The van der Waals surface area contributed by atoms with Gasteiger partial charge in [-0.05, 0) is 18.1 Å². The minimum absolute atomic E-state index is 0.0279. The molecule has 5 heteroatoms. The molecular weight excluding hydrogens is 224 g/mol. The van der Waals surface area contributed by atoms with Gasteiger partial charge in [0, 0.05) is 17.5 Å². The van der Waals surface area contributed by atoms with Gasteiger partial charge in [-0.25, -0.2) is 13.1 Å². The summed E-state index contributed by atoms with van der Waals surface area (Å²) in [5.41, 5.74) is 6.38. The second-order valence-corrected chi connectivity index (χ2v) is 5.48. The van der Waals surface area contributed by atoms with Gasteiger partial charge in [0.25, 0.3) is 0 Å². The van der Waals surface area contributed by atoms with Crippen LogP contribution in [0.2, 0.25) is 0 Å². The van der Waals surface area contributed by atoms with Gasteiger partial charge in [0.2, 0.25) is 10.0 Å². The second-order valence-electron chi connectivity index (χ2n) is 3.88. The van der Waals surface area contributed by atoms with Crippen LogP contribution in [0.3, 0.4) is 0 Å². The van der Waals surface area contributed by atoms with Crippen molar-refractivity contribution < 1.29 is 8.42 Å². The van der Waals surface area contributed by atoms with E-state index in [2.05, 4.69) is 4.72 Å². The molecule has 16 heavy (non-hydrogen) atoms. The number of hydrogen-bond acceptors (Lipinski definition) is 3. The van der Waals surface area contributed by atoms with Crippen molar-refractivity contribution in [3.63, 3.8) is 0 Å². The smallest absolute Gasteiger partial charge is 0.234 e. The summed E-state index contributed by atoms with van der Waals surface area (Å²) in [6.45, 7) is 0. The molecule has 2 rings (SSSR count). The fourth-order valence-electron chi connectivity index (χ4n) is 1.33. The molecule has 0 heterocycles. The van der Waals surface area contributed by atoms with E-state index < -0.39 is 10.0 Å². The van der Waals surface area contributed by atoms with E-state index in [0.717, 1.165) is 12.0 Å². The lowest BCUT2D eigenvalue weighted by Crippen LogP contribution is -2.27. The molecule has 3 N–H and O–H groups in total. The first-order valence-electron chi connectivity index (χ1n) is 5.08. The van der Waals surface area contributed by atoms with Crippen LogP contribution in [0.25, 0.3) is 6.08 Å². The molecular formula is C11H14N2O2S. The summed E-state index contributed by atoms with van der Waals surface area (Å²) in [6, 6.07) is 9.16. The number of nitrogens with one attached hydrogen (secondary N) is 1. The van der Waals surface area contributed by atoms with Crippen LogP contribution in [0, 0.1) is 0 Å². The highest BCUT2D eigenvalue weighted by atomic mass is 32.2. The van der Waals surface area contributed by atoms with Crippen LogP contribution in [0.1, 0.15) is 12.0 Å². The van der Waals surface area contributed by atoms with Crippen LogP contribution >= 0.6 is 0 Å². The largest absolute Gasteiger partial charge is 0.326 e. The zero-order chi connectivity index (χ0) is 11.6. The van der Waals surface area contributed by atoms with Gasteiger partial charge in [-0.3, -0.25) is 0 Å². The summed E-state index contributed by atoms with van der Waals surface area (Å²) in [4.78, 5) is 0. The summed E-state index contributed by atoms with van der Waals surface area (Å²) in [5.74, 6) is 0. The standard InChI is InChI=1S/C11H14N2O2S/c12-10-8-11(10)13-16(14,15)7-6-9-4-2-1-3-5-9/h1-7,10-11,13H,8,12H2/b7-6+. The third-order valence-corrected chi connectivity index (χ3v) is 3.52. The highest BCUT2D eigenvalue weighted by Gasteiger charge is 2.36. The van der Waals surface area contributed by atoms with Crippen LogP contribution in [0.4, 0.5) is 0 Å². The van der Waals surface area contributed by atoms with Gasteiger partial charge >= 0.3 is 0 Å². The monoisotopic (exact) mass is 238 g/mol. The Morgan fingerprint density at radius 3 is 2.50 bits per heavy atom. The summed E-state index contributed by atoms with van der Waals surface area (Å²) < 4.78 is 25.6. The predicted molar refractivity (Wildman–Crippen MR) is 63.9 cm³/mol. The molecule has 1 saturated carbocycles. The van der Waals surface area contributed by atoms with Gasteiger partial charge in [0.05, 0.1) is 0 Å². The van der Waals surface area contributed by atoms with Gasteiger partial charge < -0.3 is 5.73 Å².